The van der Waals surface area contributed by atoms with Crippen LogP contribution in [0.2, 0.25) is 0 Å². The van der Waals surface area contributed by atoms with Crippen molar-refractivity contribution in [1.82, 2.24) is 19.5 Å². The van der Waals surface area contributed by atoms with E-state index in [0.717, 1.165) is 66.4 Å². The molecule has 12 rings (SSSR count). The fourth-order valence-electron chi connectivity index (χ4n) is 10.4. The summed E-state index contributed by atoms with van der Waals surface area (Å²) < 4.78 is 2.33. The molecule has 0 aliphatic carbocycles. The molecule has 2 heterocycles. The van der Waals surface area contributed by atoms with Gasteiger partial charge in [-0.05, 0) is 79.4 Å². The van der Waals surface area contributed by atoms with Gasteiger partial charge in [-0.15, -0.1) is 0 Å². The number of benzene rings is 10. The molecule has 0 fully saturated rings. The van der Waals surface area contributed by atoms with E-state index in [1.807, 2.05) is 66.7 Å². The Morgan fingerprint density at radius 3 is 1.47 bits per heavy atom. The Morgan fingerprint density at radius 2 is 0.875 bits per heavy atom. The summed E-state index contributed by atoms with van der Waals surface area (Å²) in [7, 11) is -2.86. The van der Waals surface area contributed by atoms with Gasteiger partial charge in [0.25, 0.3) is 0 Å². The van der Waals surface area contributed by atoms with Crippen molar-refractivity contribution in [2.24, 2.45) is 0 Å². The first-order valence-corrected chi connectivity index (χ1v) is 25.8. The molecule has 336 valence electrons. The van der Waals surface area contributed by atoms with Crippen molar-refractivity contribution in [1.29, 1.82) is 5.26 Å². The minimum Gasteiger partial charge on any atom is -0.308 e. The molecule has 0 aliphatic rings. The zero-order valence-electron chi connectivity index (χ0n) is 38.9. The Morgan fingerprint density at radius 1 is 0.389 bits per heavy atom. The van der Waals surface area contributed by atoms with Gasteiger partial charge in [0.2, 0.25) is 0 Å². The Kier molecular flexibility index (Phi) is 11.2. The van der Waals surface area contributed by atoms with Crippen molar-refractivity contribution in [3.8, 4) is 68.2 Å². The maximum atomic E-state index is 10.2. The van der Waals surface area contributed by atoms with E-state index in [1.165, 1.54) is 20.7 Å². The van der Waals surface area contributed by atoms with Crippen LogP contribution >= 0.6 is 0 Å². The second-order valence-corrected chi connectivity index (χ2v) is 21.5. The molecule has 7 heteroatoms. The van der Waals surface area contributed by atoms with Gasteiger partial charge in [-0.2, -0.15) is 5.26 Å². The van der Waals surface area contributed by atoms with Crippen LogP contribution in [0.15, 0.2) is 255 Å². The number of fused-ring (bicyclic) bond motifs is 3. The van der Waals surface area contributed by atoms with E-state index in [1.54, 1.807) is 12.1 Å². The molecule has 0 bridgehead atoms. The second-order valence-electron chi connectivity index (χ2n) is 17.7. The van der Waals surface area contributed by atoms with E-state index in [-0.39, 0.29) is 0 Å². The smallest absolute Gasteiger partial charge is 0.188 e. The standard InChI is InChI=1S/C65H42N6Si/c1-67-51-36-38-56(50(40-51)44-66)49-35-39-61-59(42-49)57-32-17-18-33-60(57)71(61)62-43-48(34-37-58(62)65-69-63(45-20-7-2-8-21-45)68-64(70-65)46-22-9-3-10-23-46)47-24-19-31-55(41-47)72(52-25-11-4-12-26-52,53-27-13-5-14-28-53)54-29-15-6-16-30-54/h2-43H. The van der Waals surface area contributed by atoms with E-state index in [4.69, 9.17) is 21.5 Å². The maximum Gasteiger partial charge on any atom is 0.188 e. The van der Waals surface area contributed by atoms with Crippen LogP contribution in [-0.2, 0) is 0 Å². The summed E-state index contributed by atoms with van der Waals surface area (Å²) >= 11 is 0. The van der Waals surface area contributed by atoms with Crippen molar-refractivity contribution >= 4 is 56.3 Å². The van der Waals surface area contributed by atoms with Gasteiger partial charge in [-0.25, -0.2) is 19.8 Å². The zero-order valence-corrected chi connectivity index (χ0v) is 39.9. The SMILES string of the molecule is [C-]#[N+]c1ccc(-c2ccc3c(c2)c2ccccc2n3-c2cc(-c3cccc([Si](c4ccccc4)(c4ccccc4)c4ccccc4)c3)ccc2-c2nc(-c3ccccc3)nc(-c3ccccc3)n2)c(C#N)c1. The Bertz CT molecular complexity index is 3900. The summed E-state index contributed by atoms with van der Waals surface area (Å²) in [5.41, 5.74) is 10.2. The topological polar surface area (TPSA) is 71.8 Å². The molecule has 6 nitrogen and oxygen atoms in total. The lowest BCUT2D eigenvalue weighted by atomic mass is 9.98. The molecule has 0 spiro atoms. The quantitative estimate of drug-likeness (QED) is 0.0778. The van der Waals surface area contributed by atoms with E-state index in [0.29, 0.717) is 28.7 Å². The van der Waals surface area contributed by atoms with Crippen LogP contribution in [0.5, 0.6) is 0 Å². The Hall–Kier alpha value is -9.79. The van der Waals surface area contributed by atoms with Crippen molar-refractivity contribution in [3.05, 3.63) is 272 Å². The highest BCUT2D eigenvalue weighted by molar-refractivity contribution is 7.19. The lowest BCUT2D eigenvalue weighted by Crippen LogP contribution is -2.74. The van der Waals surface area contributed by atoms with Crippen LogP contribution in [0.3, 0.4) is 0 Å². The predicted octanol–water partition coefficient (Wildman–Crippen LogP) is 13.1. The summed E-state index contributed by atoms with van der Waals surface area (Å²) in [5.74, 6) is 1.70. The summed E-state index contributed by atoms with van der Waals surface area (Å²) in [6.07, 6.45) is 0. The van der Waals surface area contributed by atoms with Gasteiger partial charge in [0.15, 0.2) is 31.2 Å². The van der Waals surface area contributed by atoms with E-state index >= 15 is 0 Å². The number of hydrogen-bond donors (Lipinski definition) is 0. The van der Waals surface area contributed by atoms with Crippen molar-refractivity contribution in [3.63, 3.8) is 0 Å². The third-order valence-electron chi connectivity index (χ3n) is 13.7. The van der Waals surface area contributed by atoms with Gasteiger partial charge in [-0.1, -0.05) is 218 Å². The molecule has 0 atom stereocenters. The van der Waals surface area contributed by atoms with Gasteiger partial charge in [0.05, 0.1) is 29.4 Å². The van der Waals surface area contributed by atoms with Gasteiger partial charge in [-0.3, -0.25) is 0 Å². The van der Waals surface area contributed by atoms with E-state index in [2.05, 4.69) is 191 Å². The van der Waals surface area contributed by atoms with Crippen molar-refractivity contribution in [2.45, 2.75) is 0 Å². The molecule has 72 heavy (non-hydrogen) atoms. The number of para-hydroxylation sites is 1. The molecule has 2 aromatic heterocycles. The number of nitrogens with zero attached hydrogens (tertiary/aromatic N) is 6. The van der Waals surface area contributed by atoms with Gasteiger partial charge in [0.1, 0.15) is 0 Å². The molecule has 0 radical (unpaired) electrons. The highest BCUT2D eigenvalue weighted by atomic mass is 28.3. The summed E-state index contributed by atoms with van der Waals surface area (Å²) in [4.78, 5) is 19.2. The minimum absolute atomic E-state index is 0.434. The predicted molar refractivity (Wildman–Crippen MR) is 296 cm³/mol. The third kappa shape index (κ3) is 7.64. The first-order valence-electron chi connectivity index (χ1n) is 23.8. The lowest BCUT2D eigenvalue weighted by Gasteiger charge is -2.34. The maximum absolute atomic E-state index is 10.2. The highest BCUT2D eigenvalue weighted by Gasteiger charge is 2.41. The fraction of sp³-hybridized carbons (Fsp3) is 0. The molecule has 0 amide bonds. The minimum atomic E-state index is -2.86. The molecule has 12 aromatic rings. The number of hydrogen-bond acceptors (Lipinski definition) is 4. The average Bonchev–Trinajstić information content (AvgIpc) is 3.80. The van der Waals surface area contributed by atoms with Crippen molar-refractivity contribution in [2.75, 3.05) is 0 Å². The molecule has 0 unspecified atom stereocenters. The van der Waals surface area contributed by atoms with E-state index < -0.39 is 8.07 Å². The molecular formula is C65H42N6Si. The number of nitriles is 1. The second kappa shape index (κ2) is 18.6. The van der Waals surface area contributed by atoms with Crippen LogP contribution in [0.4, 0.5) is 5.69 Å². The lowest BCUT2D eigenvalue weighted by molar-refractivity contribution is 1.06. The average molecular weight is 935 g/mol. The fourth-order valence-corrected chi connectivity index (χ4v) is 15.2. The number of rotatable bonds is 10. The van der Waals surface area contributed by atoms with Crippen LogP contribution < -0.4 is 20.7 Å². The van der Waals surface area contributed by atoms with E-state index in [9.17, 15) is 5.26 Å². The molecule has 0 aliphatic heterocycles. The Balaban J connectivity index is 1.13. The van der Waals surface area contributed by atoms with Gasteiger partial charge >= 0.3 is 0 Å². The molecule has 0 saturated carbocycles. The van der Waals surface area contributed by atoms with Crippen LogP contribution in [-0.4, -0.2) is 27.6 Å². The molecular weight excluding hydrogens is 893 g/mol. The molecule has 0 N–H and O–H groups in total. The van der Waals surface area contributed by atoms with Crippen LogP contribution in [0.25, 0.3) is 88.8 Å². The largest absolute Gasteiger partial charge is 0.308 e. The van der Waals surface area contributed by atoms with Crippen molar-refractivity contribution < 1.29 is 0 Å². The zero-order chi connectivity index (χ0) is 48.4. The molecule has 10 aromatic carbocycles. The first kappa shape index (κ1) is 43.5. The number of aromatic nitrogens is 4. The molecule has 0 saturated heterocycles. The third-order valence-corrected chi connectivity index (χ3v) is 18.4. The Labute approximate surface area is 418 Å². The van der Waals surface area contributed by atoms with Crippen LogP contribution in [0, 0.1) is 17.9 Å². The summed E-state index contributed by atoms with van der Waals surface area (Å²) in [6.45, 7) is 7.58. The van der Waals surface area contributed by atoms with Gasteiger partial charge < -0.3 is 4.57 Å². The monoisotopic (exact) mass is 934 g/mol. The summed E-state index contributed by atoms with van der Waals surface area (Å²) in [5, 5.41) is 17.5. The van der Waals surface area contributed by atoms with Gasteiger partial charge in [0, 0.05) is 33.0 Å². The highest BCUT2D eigenvalue weighted by Crippen LogP contribution is 2.40. The normalized spacial score (nSPS) is 11.3. The first-order chi connectivity index (χ1) is 35.6. The summed E-state index contributed by atoms with van der Waals surface area (Å²) in [6, 6.07) is 91.5. The van der Waals surface area contributed by atoms with Crippen LogP contribution in [0.1, 0.15) is 5.56 Å².